The summed E-state index contributed by atoms with van der Waals surface area (Å²) in [5.41, 5.74) is 1.20. The maximum Gasteiger partial charge on any atom is 0.109 e. The van der Waals surface area contributed by atoms with Crippen LogP contribution >= 0.6 is 11.3 Å². The highest BCUT2D eigenvalue weighted by Crippen LogP contribution is 2.24. The molecule has 1 nitrogen and oxygen atoms in total. The maximum atomic E-state index is 4.09. The van der Waals surface area contributed by atoms with Gasteiger partial charge in [0.25, 0.3) is 0 Å². The summed E-state index contributed by atoms with van der Waals surface area (Å²) in [5, 5.41) is 1.06. The fraction of sp³-hybridized carbons (Fsp3) is 0.100. The highest BCUT2D eigenvalue weighted by molar-refractivity contribution is 7.15. The van der Waals surface area contributed by atoms with Crippen LogP contribution in [0.3, 0.4) is 0 Å². The van der Waals surface area contributed by atoms with E-state index in [4.69, 9.17) is 0 Å². The molecular weight excluding hydrogens is 166 g/mol. The Balaban J connectivity index is 2.45. The summed E-state index contributed by atoms with van der Waals surface area (Å²) in [6.07, 6.45) is 2.99. The SMILES string of the molecule is Cc1n[c]c(-c2ccccc2)s1. The molecule has 1 aromatic carbocycles. The van der Waals surface area contributed by atoms with Crippen LogP contribution in [0.15, 0.2) is 30.3 Å². The molecule has 1 heterocycles. The van der Waals surface area contributed by atoms with Crippen LogP contribution in [0.5, 0.6) is 0 Å². The molecule has 0 saturated heterocycles. The Morgan fingerprint density at radius 3 is 2.58 bits per heavy atom. The van der Waals surface area contributed by atoms with Gasteiger partial charge in [0.05, 0.1) is 9.88 Å². The summed E-state index contributed by atoms with van der Waals surface area (Å²) >= 11 is 1.67. The van der Waals surface area contributed by atoms with Crippen molar-refractivity contribution in [3.05, 3.63) is 41.5 Å². The molecule has 59 valence electrons. The zero-order valence-electron chi connectivity index (χ0n) is 6.74. The average Bonchev–Trinajstić information content (AvgIpc) is 2.54. The van der Waals surface area contributed by atoms with Crippen LogP contribution < -0.4 is 0 Å². The van der Waals surface area contributed by atoms with Gasteiger partial charge in [-0.15, -0.1) is 11.3 Å². The number of hydrogen-bond acceptors (Lipinski definition) is 2. The highest BCUT2D eigenvalue weighted by Gasteiger charge is 1.99. The second-order valence-electron chi connectivity index (χ2n) is 2.54. The van der Waals surface area contributed by atoms with Crippen LogP contribution in [-0.2, 0) is 0 Å². The molecule has 1 radical (unpaired) electrons. The van der Waals surface area contributed by atoms with Crippen molar-refractivity contribution in [2.45, 2.75) is 6.92 Å². The normalized spacial score (nSPS) is 10.1. The first-order chi connectivity index (χ1) is 5.86. The molecule has 0 amide bonds. The first-order valence-electron chi connectivity index (χ1n) is 3.77. The molecular formula is C10H8NS. The lowest BCUT2D eigenvalue weighted by Gasteiger charge is -1.92. The molecule has 0 saturated carbocycles. The van der Waals surface area contributed by atoms with E-state index in [0.29, 0.717) is 0 Å². The number of nitrogens with zero attached hydrogens (tertiary/aromatic N) is 1. The van der Waals surface area contributed by atoms with Crippen molar-refractivity contribution in [1.82, 2.24) is 4.98 Å². The highest BCUT2D eigenvalue weighted by atomic mass is 32.1. The molecule has 0 fully saturated rings. The molecule has 0 aliphatic heterocycles. The van der Waals surface area contributed by atoms with Crippen molar-refractivity contribution in [2.75, 3.05) is 0 Å². The zero-order chi connectivity index (χ0) is 8.39. The molecule has 0 N–H and O–H groups in total. The molecule has 0 aliphatic rings. The second kappa shape index (κ2) is 3.07. The van der Waals surface area contributed by atoms with Gasteiger partial charge in [0, 0.05) is 0 Å². The number of hydrogen-bond donors (Lipinski definition) is 0. The Kier molecular flexibility index (Phi) is 1.92. The van der Waals surface area contributed by atoms with E-state index in [1.54, 1.807) is 11.3 Å². The third kappa shape index (κ3) is 1.38. The molecule has 0 unspecified atom stereocenters. The van der Waals surface area contributed by atoms with Crippen molar-refractivity contribution in [2.24, 2.45) is 0 Å². The molecule has 0 aliphatic carbocycles. The molecule has 1 aromatic heterocycles. The summed E-state index contributed by atoms with van der Waals surface area (Å²) in [7, 11) is 0. The summed E-state index contributed by atoms with van der Waals surface area (Å²) < 4.78 is 0. The van der Waals surface area contributed by atoms with Crippen molar-refractivity contribution >= 4 is 11.3 Å². The topological polar surface area (TPSA) is 12.9 Å². The number of rotatable bonds is 1. The Morgan fingerprint density at radius 1 is 1.25 bits per heavy atom. The minimum absolute atomic E-state index is 1.06. The Labute approximate surface area is 75.7 Å². The van der Waals surface area contributed by atoms with Gasteiger partial charge in [-0.25, -0.2) is 4.98 Å². The molecule has 0 bridgehead atoms. The van der Waals surface area contributed by atoms with Gasteiger partial charge in [0.15, 0.2) is 0 Å². The van der Waals surface area contributed by atoms with E-state index in [9.17, 15) is 0 Å². The minimum Gasteiger partial charge on any atom is -0.239 e. The van der Waals surface area contributed by atoms with Crippen molar-refractivity contribution in [3.63, 3.8) is 0 Å². The lowest BCUT2D eigenvalue weighted by atomic mass is 10.2. The predicted octanol–water partition coefficient (Wildman–Crippen LogP) is 2.92. The van der Waals surface area contributed by atoms with Gasteiger partial charge in [-0.3, -0.25) is 0 Å². The third-order valence-corrected chi connectivity index (χ3v) is 2.52. The van der Waals surface area contributed by atoms with Gasteiger partial charge in [-0.2, -0.15) is 0 Å². The van der Waals surface area contributed by atoms with Crippen molar-refractivity contribution in [3.8, 4) is 10.4 Å². The van der Waals surface area contributed by atoms with E-state index in [2.05, 4.69) is 23.3 Å². The van der Waals surface area contributed by atoms with E-state index >= 15 is 0 Å². The van der Waals surface area contributed by atoms with E-state index in [1.165, 1.54) is 5.56 Å². The quantitative estimate of drug-likeness (QED) is 0.647. The summed E-state index contributed by atoms with van der Waals surface area (Å²) in [6, 6.07) is 10.2. The fourth-order valence-electron chi connectivity index (χ4n) is 1.04. The van der Waals surface area contributed by atoms with Gasteiger partial charge >= 0.3 is 0 Å². The number of thiazole rings is 1. The molecule has 0 atom stereocenters. The monoisotopic (exact) mass is 174 g/mol. The minimum atomic E-state index is 1.06. The number of benzene rings is 1. The first-order valence-corrected chi connectivity index (χ1v) is 4.58. The van der Waals surface area contributed by atoms with E-state index in [0.717, 1.165) is 9.88 Å². The van der Waals surface area contributed by atoms with Gasteiger partial charge < -0.3 is 0 Å². The average molecular weight is 174 g/mol. The van der Waals surface area contributed by atoms with Gasteiger partial charge in [0.2, 0.25) is 0 Å². The lowest BCUT2D eigenvalue weighted by Crippen LogP contribution is -1.68. The largest absolute Gasteiger partial charge is 0.239 e. The first kappa shape index (κ1) is 7.50. The Hall–Kier alpha value is -1.15. The lowest BCUT2D eigenvalue weighted by molar-refractivity contribution is 1.29. The summed E-state index contributed by atoms with van der Waals surface area (Å²) in [4.78, 5) is 5.21. The standard InChI is InChI=1S/C10H8NS/c1-8-11-7-10(12-8)9-5-3-2-4-6-9/h2-6H,1H3. The fourth-order valence-corrected chi connectivity index (χ4v) is 1.77. The Morgan fingerprint density at radius 2 is 2.00 bits per heavy atom. The van der Waals surface area contributed by atoms with Crippen LogP contribution in [-0.4, -0.2) is 4.98 Å². The van der Waals surface area contributed by atoms with Crippen molar-refractivity contribution in [1.29, 1.82) is 0 Å². The van der Waals surface area contributed by atoms with Gasteiger partial charge in [-0.05, 0) is 12.5 Å². The van der Waals surface area contributed by atoms with E-state index < -0.39 is 0 Å². The number of aryl methyl sites for hydroxylation is 1. The van der Waals surface area contributed by atoms with Crippen LogP contribution in [0.4, 0.5) is 0 Å². The maximum absolute atomic E-state index is 4.09. The number of aromatic nitrogens is 1. The Bertz CT molecular complexity index is 364. The predicted molar refractivity (Wildman–Crippen MR) is 51.1 cm³/mol. The van der Waals surface area contributed by atoms with Gasteiger partial charge in [-0.1, -0.05) is 30.3 Å². The second-order valence-corrected chi connectivity index (χ2v) is 3.74. The molecule has 0 spiro atoms. The summed E-state index contributed by atoms with van der Waals surface area (Å²) in [6.45, 7) is 1.99. The molecule has 12 heavy (non-hydrogen) atoms. The molecule has 2 heteroatoms. The van der Waals surface area contributed by atoms with E-state index in [-0.39, 0.29) is 0 Å². The van der Waals surface area contributed by atoms with Crippen LogP contribution in [0.1, 0.15) is 5.01 Å². The molecule has 2 rings (SSSR count). The third-order valence-electron chi connectivity index (χ3n) is 1.60. The smallest absolute Gasteiger partial charge is 0.109 e. The van der Waals surface area contributed by atoms with Crippen molar-refractivity contribution < 1.29 is 0 Å². The van der Waals surface area contributed by atoms with Gasteiger partial charge in [0.1, 0.15) is 6.20 Å². The van der Waals surface area contributed by atoms with Crippen LogP contribution in [0.25, 0.3) is 10.4 Å². The van der Waals surface area contributed by atoms with Crippen LogP contribution in [0.2, 0.25) is 0 Å². The van der Waals surface area contributed by atoms with Crippen LogP contribution in [0, 0.1) is 13.1 Å². The molecule has 2 aromatic rings. The zero-order valence-corrected chi connectivity index (χ0v) is 7.56. The van der Waals surface area contributed by atoms with E-state index in [1.807, 2.05) is 25.1 Å². The summed E-state index contributed by atoms with van der Waals surface area (Å²) in [5.74, 6) is 0.